The summed E-state index contributed by atoms with van der Waals surface area (Å²) < 4.78 is 2.02. The highest BCUT2D eigenvalue weighted by Gasteiger charge is 2.12. The molecule has 4 nitrogen and oxygen atoms in total. The highest BCUT2D eigenvalue weighted by atomic mass is 15.2. The van der Waals surface area contributed by atoms with Gasteiger partial charge >= 0.3 is 0 Å². The third-order valence-corrected chi connectivity index (χ3v) is 4.02. The van der Waals surface area contributed by atoms with E-state index in [0.717, 1.165) is 29.7 Å². The standard InChI is InChI=1S/C17H20N4/c1-12(14-6-4-3-5-7-14)9-11-21-16-15(20-17(21)18)13(2)8-10-19-16/h3-8,10,12H,9,11H2,1-2H3,(H2,18,20). The van der Waals surface area contributed by atoms with Gasteiger partial charge in [-0.2, -0.15) is 0 Å². The Morgan fingerprint density at radius 1 is 1.19 bits per heavy atom. The number of aryl methyl sites for hydroxylation is 2. The molecule has 108 valence electrons. The second-order valence-corrected chi connectivity index (χ2v) is 5.52. The second kappa shape index (κ2) is 5.56. The number of nitrogens with zero attached hydrogens (tertiary/aromatic N) is 3. The summed E-state index contributed by atoms with van der Waals surface area (Å²) in [6, 6.07) is 12.5. The lowest BCUT2D eigenvalue weighted by Crippen LogP contribution is -2.07. The average Bonchev–Trinajstić information content (AvgIpc) is 2.83. The Hall–Kier alpha value is -2.36. The Kier molecular flexibility index (Phi) is 3.60. The molecule has 0 fully saturated rings. The number of pyridine rings is 1. The lowest BCUT2D eigenvalue weighted by molar-refractivity contribution is 0.588. The van der Waals surface area contributed by atoms with Crippen LogP contribution < -0.4 is 5.73 Å². The highest BCUT2D eigenvalue weighted by Crippen LogP contribution is 2.23. The van der Waals surface area contributed by atoms with Gasteiger partial charge < -0.3 is 5.73 Å². The Balaban J connectivity index is 1.83. The summed E-state index contributed by atoms with van der Waals surface area (Å²) in [7, 11) is 0. The number of aromatic nitrogens is 3. The van der Waals surface area contributed by atoms with Crippen LogP contribution in [0.25, 0.3) is 11.2 Å². The summed E-state index contributed by atoms with van der Waals surface area (Å²) in [6.07, 6.45) is 2.82. The van der Waals surface area contributed by atoms with E-state index in [1.165, 1.54) is 5.56 Å². The fourth-order valence-corrected chi connectivity index (χ4v) is 2.65. The molecule has 1 aromatic carbocycles. The molecule has 0 saturated heterocycles. The number of benzene rings is 1. The first-order valence-corrected chi connectivity index (χ1v) is 7.29. The van der Waals surface area contributed by atoms with Gasteiger partial charge in [-0.05, 0) is 36.5 Å². The van der Waals surface area contributed by atoms with E-state index in [2.05, 4.69) is 41.2 Å². The van der Waals surface area contributed by atoms with Crippen LogP contribution >= 0.6 is 0 Å². The van der Waals surface area contributed by atoms with E-state index in [1.807, 2.05) is 29.8 Å². The zero-order valence-corrected chi connectivity index (χ0v) is 12.5. The summed E-state index contributed by atoms with van der Waals surface area (Å²) in [6.45, 7) is 5.10. The molecule has 3 aromatic rings. The van der Waals surface area contributed by atoms with Gasteiger partial charge in [0.1, 0.15) is 5.52 Å². The quantitative estimate of drug-likeness (QED) is 0.795. The van der Waals surface area contributed by atoms with Gasteiger partial charge in [-0.1, -0.05) is 37.3 Å². The SMILES string of the molecule is Cc1ccnc2c1nc(N)n2CCC(C)c1ccccc1. The van der Waals surface area contributed by atoms with Crippen molar-refractivity contribution in [2.45, 2.75) is 32.7 Å². The van der Waals surface area contributed by atoms with Crippen molar-refractivity contribution >= 4 is 17.1 Å². The molecule has 0 spiro atoms. The van der Waals surface area contributed by atoms with Crippen LogP contribution in [-0.2, 0) is 6.54 Å². The first kappa shape index (κ1) is 13.6. The van der Waals surface area contributed by atoms with Gasteiger partial charge in [0, 0.05) is 12.7 Å². The third kappa shape index (κ3) is 2.61. The topological polar surface area (TPSA) is 56.7 Å². The molecule has 0 bridgehead atoms. The molecule has 0 amide bonds. The Bertz CT molecular complexity index is 746. The number of hydrogen-bond donors (Lipinski definition) is 1. The number of hydrogen-bond acceptors (Lipinski definition) is 3. The Labute approximate surface area is 124 Å². The molecule has 2 heterocycles. The highest BCUT2D eigenvalue weighted by molar-refractivity contribution is 5.77. The number of anilines is 1. The predicted molar refractivity (Wildman–Crippen MR) is 86.2 cm³/mol. The van der Waals surface area contributed by atoms with Crippen LogP contribution in [0.1, 0.15) is 30.4 Å². The van der Waals surface area contributed by atoms with E-state index in [9.17, 15) is 0 Å². The lowest BCUT2D eigenvalue weighted by atomic mass is 9.98. The number of nitrogen functional groups attached to an aromatic ring is 1. The minimum atomic E-state index is 0.479. The molecular formula is C17H20N4. The van der Waals surface area contributed by atoms with Crippen molar-refractivity contribution in [1.82, 2.24) is 14.5 Å². The number of imidazole rings is 1. The number of fused-ring (bicyclic) bond motifs is 1. The zero-order chi connectivity index (χ0) is 14.8. The lowest BCUT2D eigenvalue weighted by Gasteiger charge is -2.13. The van der Waals surface area contributed by atoms with Crippen LogP contribution in [0.4, 0.5) is 5.95 Å². The molecule has 0 aliphatic heterocycles. The molecule has 0 saturated carbocycles. The van der Waals surface area contributed by atoms with Gasteiger partial charge in [0.2, 0.25) is 5.95 Å². The maximum atomic E-state index is 6.06. The zero-order valence-electron chi connectivity index (χ0n) is 12.5. The van der Waals surface area contributed by atoms with Crippen molar-refractivity contribution in [1.29, 1.82) is 0 Å². The average molecular weight is 280 g/mol. The molecule has 0 aliphatic rings. The van der Waals surface area contributed by atoms with Gasteiger partial charge in [-0.25, -0.2) is 9.97 Å². The van der Waals surface area contributed by atoms with E-state index in [4.69, 9.17) is 5.73 Å². The van der Waals surface area contributed by atoms with Gasteiger partial charge in [0.15, 0.2) is 5.65 Å². The predicted octanol–water partition coefficient (Wildman–Crippen LogP) is 3.52. The van der Waals surface area contributed by atoms with E-state index in [1.54, 1.807) is 0 Å². The second-order valence-electron chi connectivity index (χ2n) is 5.52. The van der Waals surface area contributed by atoms with E-state index in [0.29, 0.717) is 11.9 Å². The molecule has 0 aliphatic carbocycles. The van der Waals surface area contributed by atoms with E-state index < -0.39 is 0 Å². The van der Waals surface area contributed by atoms with Crippen molar-refractivity contribution in [2.24, 2.45) is 0 Å². The van der Waals surface area contributed by atoms with Crippen molar-refractivity contribution < 1.29 is 0 Å². The van der Waals surface area contributed by atoms with Gasteiger partial charge in [-0.15, -0.1) is 0 Å². The monoisotopic (exact) mass is 280 g/mol. The van der Waals surface area contributed by atoms with Gasteiger partial charge in [0.05, 0.1) is 0 Å². The third-order valence-electron chi connectivity index (χ3n) is 4.02. The summed E-state index contributed by atoms with van der Waals surface area (Å²) in [5.41, 5.74) is 10.3. The minimum Gasteiger partial charge on any atom is -0.369 e. The summed E-state index contributed by atoms with van der Waals surface area (Å²) >= 11 is 0. The maximum Gasteiger partial charge on any atom is 0.202 e. The van der Waals surface area contributed by atoms with Crippen LogP contribution in [0, 0.1) is 6.92 Å². The van der Waals surface area contributed by atoms with Crippen molar-refractivity contribution in [3.05, 3.63) is 53.7 Å². The summed E-state index contributed by atoms with van der Waals surface area (Å²) in [5, 5.41) is 0. The first-order chi connectivity index (χ1) is 10.2. The van der Waals surface area contributed by atoms with E-state index in [-0.39, 0.29) is 0 Å². The van der Waals surface area contributed by atoms with E-state index >= 15 is 0 Å². The van der Waals surface area contributed by atoms with Gasteiger partial charge in [-0.3, -0.25) is 4.57 Å². The van der Waals surface area contributed by atoms with Crippen LogP contribution in [0.15, 0.2) is 42.6 Å². The maximum absolute atomic E-state index is 6.06. The van der Waals surface area contributed by atoms with Crippen molar-refractivity contribution in [3.63, 3.8) is 0 Å². The summed E-state index contributed by atoms with van der Waals surface area (Å²) in [5.74, 6) is 1.03. The molecule has 1 atom stereocenters. The normalized spacial score (nSPS) is 12.7. The fourth-order valence-electron chi connectivity index (χ4n) is 2.65. The molecule has 4 heteroatoms. The largest absolute Gasteiger partial charge is 0.369 e. The number of rotatable bonds is 4. The Morgan fingerprint density at radius 2 is 1.95 bits per heavy atom. The molecule has 2 N–H and O–H groups in total. The number of nitrogens with two attached hydrogens (primary N) is 1. The van der Waals surface area contributed by atoms with Crippen LogP contribution in [0.5, 0.6) is 0 Å². The minimum absolute atomic E-state index is 0.479. The molecular weight excluding hydrogens is 260 g/mol. The van der Waals surface area contributed by atoms with Crippen LogP contribution in [0.3, 0.4) is 0 Å². The molecule has 2 aromatic heterocycles. The molecule has 0 radical (unpaired) electrons. The Morgan fingerprint density at radius 3 is 2.71 bits per heavy atom. The first-order valence-electron chi connectivity index (χ1n) is 7.29. The molecule has 3 rings (SSSR count). The van der Waals surface area contributed by atoms with Crippen molar-refractivity contribution in [3.8, 4) is 0 Å². The van der Waals surface area contributed by atoms with Gasteiger partial charge in [0.25, 0.3) is 0 Å². The van der Waals surface area contributed by atoms with Crippen molar-refractivity contribution in [2.75, 3.05) is 5.73 Å². The smallest absolute Gasteiger partial charge is 0.202 e. The van der Waals surface area contributed by atoms with Crippen LogP contribution in [0.2, 0.25) is 0 Å². The summed E-state index contributed by atoms with van der Waals surface area (Å²) in [4.78, 5) is 8.88. The van der Waals surface area contributed by atoms with Crippen LogP contribution in [-0.4, -0.2) is 14.5 Å². The molecule has 21 heavy (non-hydrogen) atoms. The molecule has 1 unspecified atom stereocenters. The fraction of sp³-hybridized carbons (Fsp3) is 0.294.